The van der Waals surface area contributed by atoms with Crippen LogP contribution in [0.2, 0.25) is 0 Å². The van der Waals surface area contributed by atoms with Crippen molar-refractivity contribution in [3.05, 3.63) is 35.7 Å². The summed E-state index contributed by atoms with van der Waals surface area (Å²) in [7, 11) is 3.85. The predicted octanol–water partition coefficient (Wildman–Crippen LogP) is 0.106. The monoisotopic (exact) mass is 330 g/mol. The number of benzene rings is 1. The van der Waals surface area contributed by atoms with Gasteiger partial charge in [-0.2, -0.15) is 0 Å². The van der Waals surface area contributed by atoms with E-state index < -0.39 is 0 Å². The fourth-order valence-corrected chi connectivity index (χ4v) is 2.56. The lowest BCUT2D eigenvalue weighted by molar-refractivity contribution is -0.132. The highest BCUT2D eigenvalue weighted by molar-refractivity contribution is 5.78. The zero-order chi connectivity index (χ0) is 16.9. The Morgan fingerprint density at radius 3 is 2.46 bits per heavy atom. The predicted molar refractivity (Wildman–Crippen MR) is 87.4 cm³/mol. The Labute approximate surface area is 141 Å². The van der Waals surface area contributed by atoms with E-state index in [1.165, 1.54) is 0 Å². The van der Waals surface area contributed by atoms with Crippen molar-refractivity contribution >= 4 is 5.91 Å². The van der Waals surface area contributed by atoms with Gasteiger partial charge in [0.25, 0.3) is 0 Å². The van der Waals surface area contributed by atoms with E-state index in [-0.39, 0.29) is 5.91 Å². The van der Waals surface area contributed by atoms with Crippen molar-refractivity contribution in [3.63, 3.8) is 0 Å². The molecule has 0 atom stereocenters. The molecule has 0 bridgehead atoms. The molecule has 2 aromatic rings. The van der Waals surface area contributed by atoms with Gasteiger partial charge in [0.05, 0.1) is 6.42 Å². The number of aryl methyl sites for hydroxylation is 1. The molecule has 0 aliphatic carbocycles. The number of nitrogens with zero attached hydrogens (tertiary/aromatic N) is 6. The van der Waals surface area contributed by atoms with E-state index in [4.69, 9.17) is 4.74 Å². The second-order valence-corrected chi connectivity index (χ2v) is 6.01. The topological polar surface area (TPSA) is 76.4 Å². The number of rotatable bonds is 5. The number of likely N-dealkylation sites (N-methyl/N-ethyl adjacent to an activating group) is 1. The van der Waals surface area contributed by atoms with Gasteiger partial charge in [-0.25, -0.2) is 4.68 Å². The fourth-order valence-electron chi connectivity index (χ4n) is 2.56. The number of ether oxygens (including phenoxy) is 1. The molecule has 1 aromatic heterocycles. The first kappa shape index (κ1) is 16.4. The summed E-state index contributed by atoms with van der Waals surface area (Å²) in [5.41, 5.74) is 0.992. The molecule has 1 aliphatic heterocycles. The van der Waals surface area contributed by atoms with Crippen LogP contribution in [0.1, 0.15) is 11.4 Å². The van der Waals surface area contributed by atoms with Crippen molar-refractivity contribution in [2.75, 3.05) is 33.2 Å². The maximum Gasteiger partial charge on any atom is 0.227 e. The van der Waals surface area contributed by atoms with Crippen LogP contribution >= 0.6 is 0 Å². The molecule has 24 heavy (non-hydrogen) atoms. The van der Waals surface area contributed by atoms with Gasteiger partial charge in [-0.1, -0.05) is 12.1 Å². The number of aromatic nitrogens is 4. The molecule has 1 aliphatic rings. The second-order valence-electron chi connectivity index (χ2n) is 6.01. The molecule has 8 heteroatoms. The van der Waals surface area contributed by atoms with Crippen LogP contribution < -0.4 is 4.74 Å². The van der Waals surface area contributed by atoms with Crippen molar-refractivity contribution in [2.24, 2.45) is 7.05 Å². The van der Waals surface area contributed by atoms with Crippen LogP contribution in [0.25, 0.3) is 0 Å². The van der Waals surface area contributed by atoms with Crippen molar-refractivity contribution in [1.29, 1.82) is 0 Å². The van der Waals surface area contributed by atoms with E-state index in [1.807, 2.05) is 29.2 Å². The zero-order valence-electron chi connectivity index (χ0n) is 14.1. The molecule has 0 N–H and O–H groups in total. The van der Waals surface area contributed by atoms with Gasteiger partial charge in [0, 0.05) is 33.2 Å². The maximum absolute atomic E-state index is 12.3. The van der Waals surface area contributed by atoms with Crippen molar-refractivity contribution in [3.8, 4) is 5.75 Å². The SMILES string of the molecule is CN1CCN(C(=O)Cc2ccc(OCc3nnnn3C)cc2)CC1. The number of amides is 1. The number of hydrogen-bond acceptors (Lipinski definition) is 6. The van der Waals surface area contributed by atoms with Crippen molar-refractivity contribution in [2.45, 2.75) is 13.0 Å². The molecular weight excluding hydrogens is 308 g/mol. The summed E-state index contributed by atoms with van der Waals surface area (Å²) in [6.45, 7) is 3.80. The highest BCUT2D eigenvalue weighted by Gasteiger charge is 2.18. The van der Waals surface area contributed by atoms with Crippen molar-refractivity contribution in [1.82, 2.24) is 30.0 Å². The fraction of sp³-hybridized carbons (Fsp3) is 0.500. The quantitative estimate of drug-likeness (QED) is 0.774. The normalized spacial score (nSPS) is 15.5. The van der Waals surface area contributed by atoms with E-state index in [0.29, 0.717) is 18.9 Å². The Bertz CT molecular complexity index is 676. The molecule has 0 unspecified atom stereocenters. The van der Waals surface area contributed by atoms with E-state index >= 15 is 0 Å². The van der Waals surface area contributed by atoms with E-state index in [0.717, 1.165) is 37.5 Å². The molecule has 1 saturated heterocycles. The largest absolute Gasteiger partial charge is 0.486 e. The Morgan fingerprint density at radius 1 is 1.12 bits per heavy atom. The Kier molecular flexibility index (Phi) is 5.05. The first-order valence-corrected chi connectivity index (χ1v) is 8.01. The van der Waals surface area contributed by atoms with Gasteiger partial charge in [-0.05, 0) is 35.2 Å². The molecule has 0 radical (unpaired) electrons. The molecule has 3 rings (SSSR count). The highest BCUT2D eigenvalue weighted by Crippen LogP contribution is 2.15. The lowest BCUT2D eigenvalue weighted by atomic mass is 10.1. The summed E-state index contributed by atoms with van der Waals surface area (Å²) in [5.74, 6) is 1.57. The number of hydrogen-bond donors (Lipinski definition) is 0. The van der Waals surface area contributed by atoms with Gasteiger partial charge >= 0.3 is 0 Å². The molecule has 0 spiro atoms. The Morgan fingerprint density at radius 2 is 1.83 bits per heavy atom. The van der Waals surface area contributed by atoms with Crippen LogP contribution in [0, 0.1) is 0 Å². The number of piperazine rings is 1. The van der Waals surface area contributed by atoms with E-state index in [2.05, 4.69) is 27.5 Å². The van der Waals surface area contributed by atoms with Crippen LogP contribution in [-0.4, -0.2) is 69.1 Å². The van der Waals surface area contributed by atoms with E-state index in [9.17, 15) is 4.79 Å². The van der Waals surface area contributed by atoms with Crippen LogP contribution in [0.15, 0.2) is 24.3 Å². The number of carbonyl (C=O) groups excluding carboxylic acids is 1. The molecule has 1 amide bonds. The number of tetrazole rings is 1. The molecule has 8 nitrogen and oxygen atoms in total. The summed E-state index contributed by atoms with van der Waals surface area (Å²) >= 11 is 0. The van der Waals surface area contributed by atoms with Gasteiger partial charge in [-0.3, -0.25) is 4.79 Å². The lowest BCUT2D eigenvalue weighted by Crippen LogP contribution is -2.47. The molecule has 0 saturated carbocycles. The highest BCUT2D eigenvalue weighted by atomic mass is 16.5. The molecule has 1 fully saturated rings. The van der Waals surface area contributed by atoms with Gasteiger partial charge < -0.3 is 14.5 Å². The van der Waals surface area contributed by atoms with Crippen LogP contribution in [0.4, 0.5) is 0 Å². The van der Waals surface area contributed by atoms with E-state index in [1.54, 1.807) is 11.7 Å². The lowest BCUT2D eigenvalue weighted by Gasteiger charge is -2.32. The van der Waals surface area contributed by atoms with Crippen LogP contribution in [0.3, 0.4) is 0 Å². The maximum atomic E-state index is 12.3. The standard InChI is InChI=1S/C16H22N6O2/c1-20-7-9-22(10-8-20)16(23)11-13-3-5-14(6-4-13)24-12-15-17-18-19-21(15)2/h3-6H,7-12H2,1-2H3. The van der Waals surface area contributed by atoms with Gasteiger partial charge in [0.15, 0.2) is 5.82 Å². The average molecular weight is 330 g/mol. The minimum atomic E-state index is 0.182. The third-order valence-electron chi connectivity index (χ3n) is 4.21. The molecule has 2 heterocycles. The number of carbonyl (C=O) groups is 1. The van der Waals surface area contributed by atoms with Crippen LogP contribution in [-0.2, 0) is 24.9 Å². The van der Waals surface area contributed by atoms with Gasteiger partial charge in [0.1, 0.15) is 12.4 Å². The third kappa shape index (κ3) is 4.08. The Hall–Kier alpha value is -2.48. The summed E-state index contributed by atoms with van der Waals surface area (Å²) in [6, 6.07) is 7.60. The van der Waals surface area contributed by atoms with Crippen molar-refractivity contribution < 1.29 is 9.53 Å². The first-order chi connectivity index (χ1) is 11.6. The summed E-state index contributed by atoms with van der Waals surface area (Å²) in [6.07, 6.45) is 0.428. The summed E-state index contributed by atoms with van der Waals surface area (Å²) < 4.78 is 7.23. The summed E-state index contributed by atoms with van der Waals surface area (Å²) in [4.78, 5) is 16.5. The van der Waals surface area contributed by atoms with Gasteiger partial charge in [-0.15, -0.1) is 5.10 Å². The van der Waals surface area contributed by atoms with Gasteiger partial charge in [0.2, 0.25) is 5.91 Å². The summed E-state index contributed by atoms with van der Waals surface area (Å²) in [5, 5.41) is 11.2. The smallest absolute Gasteiger partial charge is 0.227 e. The first-order valence-electron chi connectivity index (χ1n) is 8.01. The van der Waals surface area contributed by atoms with Crippen LogP contribution in [0.5, 0.6) is 5.75 Å². The molecule has 128 valence electrons. The molecular formula is C16H22N6O2. The second kappa shape index (κ2) is 7.39. The third-order valence-corrected chi connectivity index (χ3v) is 4.21. The zero-order valence-corrected chi connectivity index (χ0v) is 14.1. The minimum absolute atomic E-state index is 0.182. The Balaban J connectivity index is 1.51. The average Bonchev–Trinajstić information content (AvgIpc) is 3.00. The molecule has 1 aromatic carbocycles. The minimum Gasteiger partial charge on any atom is -0.486 e.